The van der Waals surface area contributed by atoms with Crippen molar-refractivity contribution >= 4 is 0 Å². The Hall–Kier alpha value is -1.06. The van der Waals surface area contributed by atoms with E-state index in [0.29, 0.717) is 19.2 Å². The number of hydrogen-bond donors (Lipinski definition) is 2. The van der Waals surface area contributed by atoms with Gasteiger partial charge in [0, 0.05) is 12.6 Å². The molecular weight excluding hydrogens is 250 g/mol. The van der Waals surface area contributed by atoms with Gasteiger partial charge >= 0.3 is 0 Å². The van der Waals surface area contributed by atoms with E-state index in [1.165, 1.54) is 5.56 Å². The highest BCUT2D eigenvalue weighted by Gasteiger charge is 2.13. The molecule has 0 heterocycles. The first kappa shape index (κ1) is 17.0. The monoisotopic (exact) mass is 279 g/mol. The van der Waals surface area contributed by atoms with E-state index in [9.17, 15) is 5.11 Å². The summed E-state index contributed by atoms with van der Waals surface area (Å²) >= 11 is 0. The van der Waals surface area contributed by atoms with Crippen LogP contribution in [0.3, 0.4) is 0 Å². The van der Waals surface area contributed by atoms with Gasteiger partial charge in [0.15, 0.2) is 0 Å². The summed E-state index contributed by atoms with van der Waals surface area (Å²) in [6.45, 7) is 11.7. The average molecular weight is 279 g/mol. The van der Waals surface area contributed by atoms with Crippen molar-refractivity contribution in [3.63, 3.8) is 0 Å². The summed E-state index contributed by atoms with van der Waals surface area (Å²) < 4.78 is 5.61. The molecule has 114 valence electrons. The van der Waals surface area contributed by atoms with Crippen LogP contribution in [0.2, 0.25) is 0 Å². The Balaban J connectivity index is 2.38. The van der Waals surface area contributed by atoms with Crippen molar-refractivity contribution in [2.45, 2.75) is 58.6 Å². The number of rotatable bonds is 7. The van der Waals surface area contributed by atoms with Gasteiger partial charge in [-0.25, -0.2) is 0 Å². The summed E-state index contributed by atoms with van der Waals surface area (Å²) in [6.07, 6.45) is 0.577. The molecule has 0 fully saturated rings. The second kappa shape index (κ2) is 7.65. The van der Waals surface area contributed by atoms with E-state index in [1.807, 2.05) is 12.1 Å². The lowest BCUT2D eigenvalue weighted by Gasteiger charge is -2.20. The van der Waals surface area contributed by atoms with E-state index in [4.69, 9.17) is 4.74 Å². The van der Waals surface area contributed by atoms with Crippen molar-refractivity contribution in [1.82, 2.24) is 5.32 Å². The van der Waals surface area contributed by atoms with Crippen LogP contribution in [0.15, 0.2) is 24.3 Å². The molecule has 1 aromatic carbocycles. The maximum Gasteiger partial charge on any atom is 0.119 e. The Kier molecular flexibility index (Phi) is 6.50. The predicted molar refractivity (Wildman–Crippen MR) is 84.4 cm³/mol. The topological polar surface area (TPSA) is 41.5 Å². The first-order valence-electron chi connectivity index (χ1n) is 7.47. The zero-order valence-electron chi connectivity index (χ0n) is 13.4. The third-order valence-corrected chi connectivity index (χ3v) is 3.48. The molecule has 3 heteroatoms. The molecule has 20 heavy (non-hydrogen) atoms. The second-order valence-electron chi connectivity index (χ2n) is 6.46. The fraction of sp³-hybridized carbons (Fsp3) is 0.647. The first-order chi connectivity index (χ1) is 9.32. The van der Waals surface area contributed by atoms with Gasteiger partial charge < -0.3 is 15.2 Å². The smallest absolute Gasteiger partial charge is 0.119 e. The number of benzene rings is 1. The minimum absolute atomic E-state index is 0.151. The van der Waals surface area contributed by atoms with Gasteiger partial charge in [-0.1, -0.05) is 39.8 Å². The molecule has 1 rings (SSSR count). The zero-order valence-corrected chi connectivity index (χ0v) is 13.4. The Morgan fingerprint density at radius 3 is 2.30 bits per heavy atom. The molecule has 1 aromatic rings. The normalized spacial score (nSPS) is 14.9. The zero-order chi connectivity index (χ0) is 15.2. The van der Waals surface area contributed by atoms with Gasteiger partial charge in [0.1, 0.15) is 18.5 Å². The van der Waals surface area contributed by atoms with Gasteiger partial charge in [0.25, 0.3) is 0 Å². The molecule has 0 unspecified atom stereocenters. The lowest BCUT2D eigenvalue weighted by atomic mass is 9.87. The fourth-order valence-corrected chi connectivity index (χ4v) is 1.78. The lowest BCUT2D eigenvalue weighted by molar-refractivity contribution is 0.104. The van der Waals surface area contributed by atoms with Crippen molar-refractivity contribution in [2.75, 3.05) is 13.2 Å². The molecule has 0 bridgehead atoms. The maximum absolute atomic E-state index is 9.85. The second-order valence-corrected chi connectivity index (χ2v) is 6.46. The molecule has 0 spiro atoms. The summed E-state index contributed by atoms with van der Waals surface area (Å²) in [5, 5.41) is 13.1. The molecule has 3 nitrogen and oxygen atoms in total. The summed E-state index contributed by atoms with van der Waals surface area (Å²) in [6, 6.07) is 8.53. The highest BCUT2D eigenvalue weighted by atomic mass is 16.5. The van der Waals surface area contributed by atoms with Crippen LogP contribution in [-0.2, 0) is 5.41 Å². The number of aliphatic hydroxyl groups is 1. The Morgan fingerprint density at radius 1 is 1.20 bits per heavy atom. The first-order valence-corrected chi connectivity index (χ1v) is 7.47. The molecule has 0 amide bonds. The SMILES string of the molecule is CC[C@@H](C)NC[C@H](O)COc1ccc(C(C)(C)C)cc1. The molecule has 0 aliphatic carbocycles. The Labute approximate surface area is 123 Å². The van der Waals surface area contributed by atoms with Crippen molar-refractivity contribution in [3.05, 3.63) is 29.8 Å². The van der Waals surface area contributed by atoms with Crippen LogP contribution in [-0.4, -0.2) is 30.4 Å². The lowest BCUT2D eigenvalue weighted by Crippen LogP contribution is -2.36. The number of ether oxygens (including phenoxy) is 1. The summed E-state index contributed by atoms with van der Waals surface area (Å²) in [5.41, 5.74) is 1.43. The molecule has 0 saturated carbocycles. The third kappa shape index (κ3) is 5.93. The number of hydrogen-bond acceptors (Lipinski definition) is 3. The van der Waals surface area contributed by atoms with E-state index < -0.39 is 6.10 Å². The Morgan fingerprint density at radius 2 is 1.80 bits per heavy atom. The van der Waals surface area contributed by atoms with Crippen LogP contribution in [0.1, 0.15) is 46.6 Å². The summed E-state index contributed by atoms with van der Waals surface area (Å²) in [7, 11) is 0. The third-order valence-electron chi connectivity index (χ3n) is 3.48. The average Bonchev–Trinajstić information content (AvgIpc) is 2.41. The Bertz CT molecular complexity index is 381. The van der Waals surface area contributed by atoms with Crippen LogP contribution in [0.25, 0.3) is 0 Å². The van der Waals surface area contributed by atoms with E-state index in [2.05, 4.69) is 52.1 Å². The molecular formula is C17H29NO2. The minimum Gasteiger partial charge on any atom is -0.491 e. The van der Waals surface area contributed by atoms with Crippen LogP contribution in [0.4, 0.5) is 0 Å². The fourth-order valence-electron chi connectivity index (χ4n) is 1.78. The molecule has 2 N–H and O–H groups in total. The standard InChI is InChI=1S/C17H29NO2/c1-6-13(2)18-11-15(19)12-20-16-9-7-14(8-10-16)17(3,4)5/h7-10,13,15,18-19H,6,11-12H2,1-5H3/t13-,15+/m1/s1. The van der Waals surface area contributed by atoms with Crippen molar-refractivity contribution in [3.8, 4) is 5.75 Å². The molecule has 2 atom stereocenters. The van der Waals surface area contributed by atoms with Gasteiger partial charge in [-0.15, -0.1) is 0 Å². The summed E-state index contributed by atoms with van der Waals surface area (Å²) in [5.74, 6) is 0.806. The molecule has 0 aliphatic heterocycles. The van der Waals surface area contributed by atoms with Crippen LogP contribution in [0.5, 0.6) is 5.75 Å². The van der Waals surface area contributed by atoms with Crippen LogP contribution < -0.4 is 10.1 Å². The predicted octanol–water partition coefficient (Wildman–Crippen LogP) is 3.11. The van der Waals surface area contributed by atoms with Gasteiger partial charge in [-0.3, -0.25) is 0 Å². The van der Waals surface area contributed by atoms with Crippen molar-refractivity contribution in [1.29, 1.82) is 0 Å². The van der Waals surface area contributed by atoms with Crippen molar-refractivity contribution in [2.24, 2.45) is 0 Å². The quantitative estimate of drug-likeness (QED) is 0.806. The highest BCUT2D eigenvalue weighted by Crippen LogP contribution is 2.24. The van der Waals surface area contributed by atoms with E-state index >= 15 is 0 Å². The molecule has 0 aromatic heterocycles. The number of aliphatic hydroxyl groups excluding tert-OH is 1. The van der Waals surface area contributed by atoms with Gasteiger partial charge in [-0.05, 0) is 36.5 Å². The maximum atomic E-state index is 9.85. The van der Waals surface area contributed by atoms with Crippen LogP contribution >= 0.6 is 0 Å². The number of nitrogens with one attached hydrogen (secondary N) is 1. The van der Waals surface area contributed by atoms with Crippen molar-refractivity contribution < 1.29 is 9.84 Å². The van der Waals surface area contributed by atoms with Gasteiger partial charge in [-0.2, -0.15) is 0 Å². The minimum atomic E-state index is -0.480. The van der Waals surface area contributed by atoms with Gasteiger partial charge in [0.2, 0.25) is 0 Å². The molecule has 0 radical (unpaired) electrons. The van der Waals surface area contributed by atoms with E-state index in [0.717, 1.165) is 12.2 Å². The van der Waals surface area contributed by atoms with Gasteiger partial charge in [0.05, 0.1) is 0 Å². The van der Waals surface area contributed by atoms with Crippen LogP contribution in [0, 0.1) is 0 Å². The van der Waals surface area contributed by atoms with E-state index in [-0.39, 0.29) is 5.41 Å². The highest BCUT2D eigenvalue weighted by molar-refractivity contribution is 5.31. The molecule has 0 aliphatic rings. The van der Waals surface area contributed by atoms with E-state index in [1.54, 1.807) is 0 Å². The molecule has 0 saturated heterocycles. The summed E-state index contributed by atoms with van der Waals surface area (Å²) in [4.78, 5) is 0. The largest absolute Gasteiger partial charge is 0.491 e.